The minimum atomic E-state index is -4.08. The van der Waals surface area contributed by atoms with Crippen molar-refractivity contribution in [1.82, 2.24) is 0 Å². The first kappa shape index (κ1) is 22.7. The highest BCUT2D eigenvalue weighted by molar-refractivity contribution is 7.92. The number of ether oxygens (including phenoxy) is 2. The highest BCUT2D eigenvalue weighted by Crippen LogP contribution is 2.30. The van der Waals surface area contributed by atoms with Crippen LogP contribution in [0.4, 0.5) is 11.4 Å². The molecule has 0 heterocycles. The van der Waals surface area contributed by atoms with Gasteiger partial charge in [0.15, 0.2) is 0 Å². The van der Waals surface area contributed by atoms with Gasteiger partial charge in [0.1, 0.15) is 16.4 Å². The van der Waals surface area contributed by atoms with E-state index in [0.717, 1.165) is 0 Å². The predicted molar refractivity (Wildman–Crippen MR) is 121 cm³/mol. The molecule has 3 rings (SSSR count). The molecule has 0 aliphatic carbocycles. The summed E-state index contributed by atoms with van der Waals surface area (Å²) in [4.78, 5) is 12.6. The number of benzene rings is 3. The second kappa shape index (κ2) is 9.47. The highest BCUT2D eigenvalue weighted by atomic mass is 35.5. The molecule has 3 aromatic carbocycles. The summed E-state index contributed by atoms with van der Waals surface area (Å²) in [5.41, 5.74) is 0.644. The maximum atomic E-state index is 12.9. The minimum Gasteiger partial charge on any atom is -0.497 e. The smallest absolute Gasteiger partial charge is 0.263 e. The molecular weight excluding hydrogens is 463 g/mol. The molecule has 10 heteroatoms. The topological polar surface area (TPSA) is 93.7 Å². The van der Waals surface area contributed by atoms with Gasteiger partial charge in [0, 0.05) is 5.69 Å². The number of carbonyl (C=O) groups is 1. The lowest BCUT2D eigenvalue weighted by Gasteiger charge is -2.14. The molecule has 0 aliphatic rings. The Bertz CT molecular complexity index is 1230. The van der Waals surface area contributed by atoms with E-state index in [9.17, 15) is 13.2 Å². The normalized spacial score (nSPS) is 11.0. The van der Waals surface area contributed by atoms with E-state index >= 15 is 0 Å². The monoisotopic (exact) mass is 480 g/mol. The van der Waals surface area contributed by atoms with Crippen molar-refractivity contribution < 1.29 is 22.7 Å². The van der Waals surface area contributed by atoms with Crippen molar-refractivity contribution in [3.63, 3.8) is 0 Å². The first-order valence-corrected chi connectivity index (χ1v) is 11.1. The number of methoxy groups -OCH3 is 2. The molecule has 3 aromatic rings. The Morgan fingerprint density at radius 2 is 1.65 bits per heavy atom. The van der Waals surface area contributed by atoms with Gasteiger partial charge in [-0.05, 0) is 48.5 Å². The van der Waals surface area contributed by atoms with Gasteiger partial charge in [-0.1, -0.05) is 35.3 Å². The predicted octanol–water partition coefficient (Wildman–Crippen LogP) is 5.06. The SMILES string of the molecule is COc1ccc(OC)c(C(=O)Nc2ccc(Cl)c(S(=O)(=O)Nc3ccccc3Cl)c2)c1. The number of amides is 1. The van der Waals surface area contributed by atoms with Gasteiger partial charge in [-0.2, -0.15) is 0 Å². The molecule has 1 amide bonds. The molecule has 0 bridgehead atoms. The average Bonchev–Trinajstić information content (AvgIpc) is 2.75. The minimum absolute atomic E-state index is 0.0171. The third kappa shape index (κ3) is 5.22. The standard InChI is InChI=1S/C21H18Cl2N2O5S/c1-29-14-8-10-19(30-2)15(12-14)21(26)24-13-7-9-17(23)20(11-13)31(27,28)25-18-6-4-3-5-16(18)22/h3-12,25H,1-2H3,(H,24,26). The summed E-state index contributed by atoms with van der Waals surface area (Å²) < 4.78 is 38.5. The number of halogens is 2. The van der Waals surface area contributed by atoms with Gasteiger partial charge >= 0.3 is 0 Å². The maximum absolute atomic E-state index is 12.9. The average molecular weight is 481 g/mol. The third-order valence-corrected chi connectivity index (χ3v) is 6.42. The lowest BCUT2D eigenvalue weighted by atomic mass is 10.1. The number of para-hydroxylation sites is 1. The van der Waals surface area contributed by atoms with Gasteiger partial charge in [-0.3, -0.25) is 9.52 Å². The Balaban J connectivity index is 1.91. The van der Waals surface area contributed by atoms with Crippen LogP contribution in [0.5, 0.6) is 11.5 Å². The van der Waals surface area contributed by atoms with Gasteiger partial charge in [0.05, 0.1) is 35.5 Å². The van der Waals surface area contributed by atoms with E-state index in [-0.39, 0.29) is 31.9 Å². The summed E-state index contributed by atoms with van der Waals surface area (Å²) in [6.45, 7) is 0. The lowest BCUT2D eigenvalue weighted by molar-refractivity contribution is 0.102. The van der Waals surface area contributed by atoms with Crippen molar-refractivity contribution in [2.75, 3.05) is 24.3 Å². The highest BCUT2D eigenvalue weighted by Gasteiger charge is 2.21. The molecule has 0 radical (unpaired) electrons. The van der Waals surface area contributed by atoms with Crippen molar-refractivity contribution in [3.05, 3.63) is 76.3 Å². The molecular formula is C21H18Cl2N2O5S. The summed E-state index contributed by atoms with van der Waals surface area (Å²) in [5.74, 6) is 0.287. The Kier molecular flexibility index (Phi) is 6.94. The van der Waals surface area contributed by atoms with Crippen molar-refractivity contribution >= 4 is 50.5 Å². The second-order valence-corrected chi connectivity index (χ2v) is 8.72. The molecule has 7 nitrogen and oxygen atoms in total. The zero-order chi connectivity index (χ0) is 22.6. The van der Waals surface area contributed by atoms with Crippen LogP contribution < -0.4 is 19.5 Å². The first-order chi connectivity index (χ1) is 14.7. The van der Waals surface area contributed by atoms with E-state index in [1.807, 2.05) is 0 Å². The summed E-state index contributed by atoms with van der Waals surface area (Å²) >= 11 is 12.2. The van der Waals surface area contributed by atoms with Crippen molar-refractivity contribution in [2.24, 2.45) is 0 Å². The van der Waals surface area contributed by atoms with Crippen LogP contribution in [0.2, 0.25) is 10.0 Å². The molecule has 0 unspecified atom stereocenters. The fraction of sp³-hybridized carbons (Fsp3) is 0.0952. The summed E-state index contributed by atoms with van der Waals surface area (Å²) in [6, 6.07) is 15.3. The summed E-state index contributed by atoms with van der Waals surface area (Å²) in [6.07, 6.45) is 0. The fourth-order valence-electron chi connectivity index (χ4n) is 2.72. The van der Waals surface area contributed by atoms with Gasteiger partial charge in [-0.15, -0.1) is 0 Å². The largest absolute Gasteiger partial charge is 0.497 e. The fourth-order valence-corrected chi connectivity index (χ4v) is 4.57. The maximum Gasteiger partial charge on any atom is 0.263 e. The van der Waals surface area contributed by atoms with Crippen molar-refractivity contribution in [2.45, 2.75) is 4.90 Å². The molecule has 0 saturated heterocycles. The van der Waals surface area contributed by atoms with E-state index in [1.165, 1.54) is 44.6 Å². The molecule has 162 valence electrons. The van der Waals surface area contributed by atoms with E-state index in [4.69, 9.17) is 32.7 Å². The second-order valence-electron chi connectivity index (χ2n) is 6.25. The molecule has 0 atom stereocenters. The number of nitrogens with one attached hydrogen (secondary N) is 2. The Morgan fingerprint density at radius 1 is 0.903 bits per heavy atom. The van der Waals surface area contributed by atoms with Crippen LogP contribution in [0, 0.1) is 0 Å². The molecule has 0 fully saturated rings. The number of rotatable bonds is 7. The number of carbonyl (C=O) groups excluding carboxylic acids is 1. The number of sulfonamides is 1. The van der Waals surface area contributed by atoms with E-state index in [2.05, 4.69) is 10.0 Å². The number of hydrogen-bond donors (Lipinski definition) is 2. The Morgan fingerprint density at radius 3 is 2.32 bits per heavy atom. The first-order valence-electron chi connectivity index (χ1n) is 8.85. The quantitative estimate of drug-likeness (QED) is 0.492. The van der Waals surface area contributed by atoms with Gasteiger partial charge < -0.3 is 14.8 Å². The van der Waals surface area contributed by atoms with Crippen molar-refractivity contribution in [1.29, 1.82) is 0 Å². The Hall–Kier alpha value is -2.94. The molecule has 31 heavy (non-hydrogen) atoms. The molecule has 0 spiro atoms. The van der Waals surface area contributed by atoms with E-state index < -0.39 is 15.9 Å². The number of anilines is 2. The van der Waals surface area contributed by atoms with E-state index in [1.54, 1.807) is 30.3 Å². The van der Waals surface area contributed by atoms with Crippen molar-refractivity contribution in [3.8, 4) is 11.5 Å². The third-order valence-electron chi connectivity index (χ3n) is 4.25. The van der Waals surface area contributed by atoms with Crippen LogP contribution in [0.25, 0.3) is 0 Å². The molecule has 2 N–H and O–H groups in total. The van der Waals surface area contributed by atoms with Crippen LogP contribution >= 0.6 is 23.2 Å². The summed E-state index contributed by atoms with van der Waals surface area (Å²) in [5, 5.41) is 2.86. The van der Waals surface area contributed by atoms with Crippen LogP contribution in [0.1, 0.15) is 10.4 Å². The van der Waals surface area contributed by atoms with E-state index in [0.29, 0.717) is 11.5 Å². The van der Waals surface area contributed by atoms with Gasteiger partial charge in [-0.25, -0.2) is 8.42 Å². The van der Waals surface area contributed by atoms with Crippen LogP contribution in [-0.2, 0) is 10.0 Å². The zero-order valence-corrected chi connectivity index (χ0v) is 18.8. The van der Waals surface area contributed by atoms with Gasteiger partial charge in [0.25, 0.3) is 15.9 Å². The Labute approximate surface area is 189 Å². The lowest BCUT2D eigenvalue weighted by Crippen LogP contribution is -2.16. The molecule has 0 aliphatic heterocycles. The van der Waals surface area contributed by atoms with Crippen LogP contribution in [0.15, 0.2) is 65.6 Å². The van der Waals surface area contributed by atoms with Crippen LogP contribution in [-0.4, -0.2) is 28.5 Å². The van der Waals surface area contributed by atoms with Crippen LogP contribution in [0.3, 0.4) is 0 Å². The zero-order valence-electron chi connectivity index (χ0n) is 16.5. The summed E-state index contributed by atoms with van der Waals surface area (Å²) in [7, 11) is -1.16. The van der Waals surface area contributed by atoms with Gasteiger partial charge in [0.2, 0.25) is 0 Å². The molecule has 0 aromatic heterocycles. The molecule has 0 saturated carbocycles. The number of hydrogen-bond acceptors (Lipinski definition) is 5.